The fourth-order valence-corrected chi connectivity index (χ4v) is 5.17. The lowest BCUT2D eigenvalue weighted by molar-refractivity contribution is -0.163. The normalized spacial score (nSPS) is 43.4. The van der Waals surface area contributed by atoms with E-state index in [0.29, 0.717) is 12.0 Å². The molecular formula is C18H34N2O. The zero-order valence-electron chi connectivity index (χ0n) is 14.4. The Morgan fingerprint density at radius 2 is 1.95 bits per heavy atom. The van der Waals surface area contributed by atoms with Gasteiger partial charge in [0.25, 0.3) is 0 Å². The van der Waals surface area contributed by atoms with Gasteiger partial charge in [0.2, 0.25) is 0 Å². The van der Waals surface area contributed by atoms with Crippen LogP contribution in [0.4, 0.5) is 0 Å². The van der Waals surface area contributed by atoms with Gasteiger partial charge >= 0.3 is 0 Å². The molecule has 0 aromatic carbocycles. The van der Waals surface area contributed by atoms with Gasteiger partial charge in [-0.3, -0.25) is 0 Å². The molecule has 0 radical (unpaired) electrons. The quantitative estimate of drug-likeness (QED) is 0.870. The van der Waals surface area contributed by atoms with E-state index in [1.54, 1.807) is 0 Å². The Balaban J connectivity index is 1.63. The molecule has 2 N–H and O–H groups in total. The second kappa shape index (κ2) is 5.50. The largest absolute Gasteiger partial charge is 0.377 e. The van der Waals surface area contributed by atoms with E-state index in [1.807, 2.05) is 0 Å². The van der Waals surface area contributed by atoms with Crippen LogP contribution in [-0.4, -0.2) is 42.8 Å². The van der Waals surface area contributed by atoms with Crippen molar-refractivity contribution in [3.05, 3.63) is 0 Å². The van der Waals surface area contributed by atoms with Crippen LogP contribution in [0, 0.1) is 23.2 Å². The lowest BCUT2D eigenvalue weighted by atomic mass is 9.48. The Bertz CT molecular complexity index is 381. The lowest BCUT2D eigenvalue weighted by Crippen LogP contribution is -2.78. The number of nitrogens with zero attached hydrogens (tertiary/aromatic N) is 1. The minimum absolute atomic E-state index is 0.0498. The minimum atomic E-state index is -0.0498. The molecule has 0 amide bonds. The average Bonchev–Trinajstić information content (AvgIpc) is 2.79. The third-order valence-corrected chi connectivity index (χ3v) is 6.96. The highest BCUT2D eigenvalue weighted by molar-refractivity contribution is 5.21. The van der Waals surface area contributed by atoms with Gasteiger partial charge in [-0.1, -0.05) is 27.7 Å². The molecule has 4 unspecified atom stereocenters. The summed E-state index contributed by atoms with van der Waals surface area (Å²) < 4.78 is 5.93. The molecule has 1 saturated carbocycles. The number of ether oxygens (including phenoxy) is 1. The molecular weight excluding hydrogens is 260 g/mol. The molecule has 0 aromatic rings. The second-order valence-corrected chi connectivity index (χ2v) is 8.66. The van der Waals surface area contributed by atoms with Crippen molar-refractivity contribution in [2.75, 3.05) is 26.2 Å². The predicted molar refractivity (Wildman–Crippen MR) is 87.2 cm³/mol. The maximum Gasteiger partial charge on any atom is 0.0691 e. The topological polar surface area (TPSA) is 38.5 Å². The molecule has 21 heavy (non-hydrogen) atoms. The second-order valence-electron chi connectivity index (χ2n) is 8.66. The van der Waals surface area contributed by atoms with Crippen LogP contribution in [0.15, 0.2) is 0 Å². The van der Waals surface area contributed by atoms with Crippen molar-refractivity contribution in [2.24, 2.45) is 28.9 Å². The molecule has 0 aromatic heterocycles. The van der Waals surface area contributed by atoms with Crippen molar-refractivity contribution in [3.8, 4) is 0 Å². The molecule has 122 valence electrons. The van der Waals surface area contributed by atoms with Gasteiger partial charge in [0, 0.05) is 30.0 Å². The Labute approximate surface area is 130 Å². The molecule has 3 nitrogen and oxygen atoms in total. The number of hydrogen-bond donors (Lipinski definition) is 1. The van der Waals surface area contributed by atoms with E-state index < -0.39 is 0 Å². The molecule has 2 aliphatic heterocycles. The summed E-state index contributed by atoms with van der Waals surface area (Å²) in [5.74, 6) is 2.31. The maximum absolute atomic E-state index is 6.92. The number of nitrogens with two attached hydrogens (primary N) is 1. The van der Waals surface area contributed by atoms with Gasteiger partial charge in [-0.2, -0.15) is 0 Å². The monoisotopic (exact) mass is 294 g/mol. The van der Waals surface area contributed by atoms with E-state index in [1.165, 1.54) is 32.4 Å². The van der Waals surface area contributed by atoms with Crippen molar-refractivity contribution >= 4 is 0 Å². The van der Waals surface area contributed by atoms with Crippen LogP contribution in [-0.2, 0) is 4.74 Å². The summed E-state index contributed by atoms with van der Waals surface area (Å²) in [6, 6.07) is 0. The molecule has 3 heteroatoms. The number of hydrogen-bond acceptors (Lipinski definition) is 3. The summed E-state index contributed by atoms with van der Waals surface area (Å²) in [4.78, 5) is 2.65. The Hall–Kier alpha value is -0.120. The molecule has 3 aliphatic rings. The lowest BCUT2D eigenvalue weighted by Gasteiger charge is -2.63. The van der Waals surface area contributed by atoms with Crippen LogP contribution >= 0.6 is 0 Å². The SMILES string of the molecule is CC(C)C1CCCN(CC2(N)C3CCOC3C2(C)C)CC1. The van der Waals surface area contributed by atoms with E-state index in [2.05, 4.69) is 32.6 Å². The molecule has 2 saturated heterocycles. The number of likely N-dealkylation sites (tertiary alicyclic amines) is 1. The van der Waals surface area contributed by atoms with Crippen molar-refractivity contribution in [2.45, 2.75) is 65.0 Å². The van der Waals surface area contributed by atoms with Crippen LogP contribution in [0.2, 0.25) is 0 Å². The molecule has 1 aliphatic carbocycles. The molecule has 3 fully saturated rings. The molecule has 4 atom stereocenters. The first-order chi connectivity index (χ1) is 9.86. The van der Waals surface area contributed by atoms with E-state index in [-0.39, 0.29) is 11.0 Å². The minimum Gasteiger partial charge on any atom is -0.377 e. The van der Waals surface area contributed by atoms with Crippen LogP contribution in [0.25, 0.3) is 0 Å². The average molecular weight is 294 g/mol. The van der Waals surface area contributed by atoms with Crippen molar-refractivity contribution < 1.29 is 4.74 Å². The van der Waals surface area contributed by atoms with Gasteiger partial charge < -0.3 is 15.4 Å². The summed E-state index contributed by atoms with van der Waals surface area (Å²) in [5.41, 5.74) is 6.99. The van der Waals surface area contributed by atoms with Gasteiger partial charge in [-0.05, 0) is 50.6 Å². The smallest absolute Gasteiger partial charge is 0.0691 e. The maximum atomic E-state index is 6.92. The Morgan fingerprint density at radius 3 is 2.67 bits per heavy atom. The highest BCUT2D eigenvalue weighted by Gasteiger charge is 2.67. The van der Waals surface area contributed by atoms with Crippen LogP contribution in [0.1, 0.15) is 53.4 Å². The standard InChI is InChI=1S/C18H34N2O/c1-13(2)14-6-5-9-20(10-7-14)12-18(19)15-8-11-21-16(15)17(18,3)4/h13-16H,5-12,19H2,1-4H3. The van der Waals surface area contributed by atoms with Crippen LogP contribution < -0.4 is 5.73 Å². The van der Waals surface area contributed by atoms with Gasteiger partial charge in [0.05, 0.1) is 6.10 Å². The Kier molecular flexibility index (Phi) is 4.13. The molecule has 2 heterocycles. The predicted octanol–water partition coefficient (Wildman–Crippen LogP) is 2.89. The highest BCUT2D eigenvalue weighted by atomic mass is 16.5. The molecule has 0 spiro atoms. The summed E-state index contributed by atoms with van der Waals surface area (Å²) in [6.45, 7) is 13.8. The van der Waals surface area contributed by atoms with E-state index >= 15 is 0 Å². The van der Waals surface area contributed by atoms with Crippen LogP contribution in [0.3, 0.4) is 0 Å². The zero-order valence-corrected chi connectivity index (χ0v) is 14.4. The third-order valence-electron chi connectivity index (χ3n) is 6.96. The summed E-state index contributed by atoms with van der Waals surface area (Å²) in [6.07, 6.45) is 5.64. The summed E-state index contributed by atoms with van der Waals surface area (Å²) >= 11 is 0. The first-order valence-electron chi connectivity index (χ1n) is 8.99. The van der Waals surface area contributed by atoms with Crippen LogP contribution in [0.5, 0.6) is 0 Å². The Morgan fingerprint density at radius 1 is 1.19 bits per heavy atom. The fraction of sp³-hybridized carbons (Fsp3) is 1.00. The highest BCUT2D eigenvalue weighted by Crippen LogP contribution is 2.58. The number of rotatable bonds is 3. The zero-order chi connectivity index (χ0) is 15.3. The first-order valence-corrected chi connectivity index (χ1v) is 8.99. The molecule has 3 rings (SSSR count). The van der Waals surface area contributed by atoms with Gasteiger partial charge in [0.1, 0.15) is 0 Å². The first kappa shape index (κ1) is 15.8. The van der Waals surface area contributed by atoms with Crippen molar-refractivity contribution in [1.29, 1.82) is 0 Å². The van der Waals surface area contributed by atoms with Gasteiger partial charge in [-0.25, -0.2) is 0 Å². The number of fused-ring (bicyclic) bond motifs is 1. The van der Waals surface area contributed by atoms with Gasteiger partial charge in [-0.15, -0.1) is 0 Å². The van der Waals surface area contributed by atoms with E-state index in [4.69, 9.17) is 10.5 Å². The van der Waals surface area contributed by atoms with Crippen molar-refractivity contribution in [3.63, 3.8) is 0 Å². The van der Waals surface area contributed by atoms with Crippen molar-refractivity contribution in [1.82, 2.24) is 4.90 Å². The van der Waals surface area contributed by atoms with Gasteiger partial charge in [0.15, 0.2) is 0 Å². The fourth-order valence-electron chi connectivity index (χ4n) is 5.17. The van der Waals surface area contributed by atoms with E-state index in [0.717, 1.165) is 31.4 Å². The molecule has 0 bridgehead atoms. The summed E-state index contributed by atoms with van der Waals surface area (Å²) in [5, 5.41) is 0. The van der Waals surface area contributed by atoms with E-state index in [9.17, 15) is 0 Å². The summed E-state index contributed by atoms with van der Waals surface area (Å²) in [7, 11) is 0. The third kappa shape index (κ3) is 2.46.